The molecule has 8 heteroatoms. The Morgan fingerprint density at radius 2 is 1.56 bits per heavy atom. The SMILES string of the molecule is O=C(Nc1ccc(-c2cn3c(n2)CCCC3)cc1)c1ccc(S(=O)(=O)N2CCCC2)cc1. The fourth-order valence-electron chi connectivity index (χ4n) is 4.34. The second kappa shape index (κ2) is 8.52. The van der Waals surface area contributed by atoms with Gasteiger partial charge in [0.1, 0.15) is 5.82 Å². The Bertz CT molecular complexity index is 1200. The molecule has 1 amide bonds. The predicted octanol–water partition coefficient (Wildman–Crippen LogP) is 3.92. The van der Waals surface area contributed by atoms with Crippen molar-refractivity contribution in [3.8, 4) is 11.3 Å². The molecule has 32 heavy (non-hydrogen) atoms. The molecule has 3 heterocycles. The van der Waals surface area contributed by atoms with Crippen LogP contribution in [0.25, 0.3) is 11.3 Å². The lowest BCUT2D eigenvalue weighted by atomic mass is 10.1. The Labute approximate surface area is 188 Å². The summed E-state index contributed by atoms with van der Waals surface area (Å²) >= 11 is 0. The van der Waals surface area contributed by atoms with Gasteiger partial charge in [-0.2, -0.15) is 4.31 Å². The third-order valence-corrected chi connectivity index (χ3v) is 8.08. The minimum atomic E-state index is -3.48. The first kappa shape index (κ1) is 20.9. The zero-order chi connectivity index (χ0) is 22.1. The molecule has 0 saturated carbocycles. The fraction of sp³-hybridized carbons (Fsp3) is 0.333. The molecule has 0 spiro atoms. The number of carbonyl (C=O) groups excluding carboxylic acids is 1. The van der Waals surface area contributed by atoms with Crippen molar-refractivity contribution >= 4 is 21.6 Å². The number of aryl methyl sites for hydroxylation is 2. The van der Waals surface area contributed by atoms with Gasteiger partial charge in [-0.15, -0.1) is 0 Å². The van der Waals surface area contributed by atoms with E-state index in [1.54, 1.807) is 12.1 Å². The maximum Gasteiger partial charge on any atom is 0.255 e. The van der Waals surface area contributed by atoms with Crippen LogP contribution in [0.1, 0.15) is 41.9 Å². The molecule has 0 atom stereocenters. The molecule has 2 aliphatic heterocycles. The topological polar surface area (TPSA) is 84.3 Å². The molecule has 0 unspecified atom stereocenters. The molecule has 0 aliphatic carbocycles. The molecule has 0 radical (unpaired) electrons. The van der Waals surface area contributed by atoms with Gasteiger partial charge in [0.2, 0.25) is 10.0 Å². The molecule has 166 valence electrons. The van der Waals surface area contributed by atoms with Gasteiger partial charge in [0.15, 0.2) is 0 Å². The number of benzene rings is 2. The molecule has 1 N–H and O–H groups in total. The highest BCUT2D eigenvalue weighted by molar-refractivity contribution is 7.89. The lowest BCUT2D eigenvalue weighted by Gasteiger charge is -2.15. The first-order valence-electron chi connectivity index (χ1n) is 11.1. The van der Waals surface area contributed by atoms with Gasteiger partial charge in [-0.1, -0.05) is 12.1 Å². The Hall–Kier alpha value is -2.97. The summed E-state index contributed by atoms with van der Waals surface area (Å²) in [6.07, 6.45) is 7.28. The zero-order valence-electron chi connectivity index (χ0n) is 17.8. The van der Waals surface area contributed by atoms with Gasteiger partial charge in [-0.05, 0) is 62.1 Å². The second-order valence-electron chi connectivity index (χ2n) is 8.36. The van der Waals surface area contributed by atoms with Crippen LogP contribution in [0.15, 0.2) is 59.6 Å². The van der Waals surface area contributed by atoms with E-state index in [0.29, 0.717) is 24.3 Å². The minimum Gasteiger partial charge on any atom is -0.334 e. The number of carbonyl (C=O) groups is 1. The van der Waals surface area contributed by atoms with E-state index in [1.807, 2.05) is 24.3 Å². The van der Waals surface area contributed by atoms with Crippen molar-refractivity contribution in [2.24, 2.45) is 0 Å². The number of anilines is 1. The molecule has 0 bridgehead atoms. The summed E-state index contributed by atoms with van der Waals surface area (Å²) in [6, 6.07) is 13.8. The fourth-order valence-corrected chi connectivity index (χ4v) is 5.85. The average Bonchev–Trinajstić information content (AvgIpc) is 3.50. The summed E-state index contributed by atoms with van der Waals surface area (Å²) in [4.78, 5) is 17.6. The van der Waals surface area contributed by atoms with Gasteiger partial charge < -0.3 is 9.88 Å². The van der Waals surface area contributed by atoms with Crippen LogP contribution in [0.2, 0.25) is 0 Å². The number of amides is 1. The van der Waals surface area contributed by atoms with Crippen LogP contribution in [0.4, 0.5) is 5.69 Å². The third kappa shape index (κ3) is 4.08. The summed E-state index contributed by atoms with van der Waals surface area (Å²) in [5.74, 6) is 0.860. The summed E-state index contributed by atoms with van der Waals surface area (Å²) < 4.78 is 29.0. The number of aromatic nitrogens is 2. The molecule has 3 aromatic rings. The van der Waals surface area contributed by atoms with E-state index in [1.165, 1.54) is 29.3 Å². The van der Waals surface area contributed by atoms with Crippen LogP contribution < -0.4 is 5.32 Å². The minimum absolute atomic E-state index is 0.225. The molecule has 1 aromatic heterocycles. The van der Waals surface area contributed by atoms with Crippen LogP contribution in [0.5, 0.6) is 0 Å². The number of rotatable bonds is 5. The van der Waals surface area contributed by atoms with Gasteiger partial charge >= 0.3 is 0 Å². The smallest absolute Gasteiger partial charge is 0.255 e. The van der Waals surface area contributed by atoms with Crippen molar-refractivity contribution in [2.75, 3.05) is 18.4 Å². The standard InChI is InChI=1S/C24H26N4O3S/c29-24(19-8-12-21(13-9-19)32(30,31)28-15-3-4-16-28)25-20-10-6-18(7-11-20)22-17-27-14-2-1-5-23(27)26-22/h6-13,17H,1-5,14-16H2,(H,25,29). The van der Waals surface area contributed by atoms with Crippen LogP contribution >= 0.6 is 0 Å². The van der Waals surface area contributed by atoms with E-state index in [-0.39, 0.29) is 10.8 Å². The Kier molecular flexibility index (Phi) is 5.57. The van der Waals surface area contributed by atoms with Gasteiger partial charge in [-0.3, -0.25) is 4.79 Å². The first-order chi connectivity index (χ1) is 15.5. The van der Waals surface area contributed by atoms with Crippen molar-refractivity contribution in [2.45, 2.75) is 43.5 Å². The maximum atomic E-state index is 12.6. The van der Waals surface area contributed by atoms with E-state index in [2.05, 4.69) is 16.1 Å². The largest absolute Gasteiger partial charge is 0.334 e. The number of hydrogen-bond donors (Lipinski definition) is 1. The number of fused-ring (bicyclic) bond motifs is 1. The maximum absolute atomic E-state index is 12.6. The summed E-state index contributed by atoms with van der Waals surface area (Å²) in [5.41, 5.74) is 3.06. The molecule has 1 saturated heterocycles. The van der Waals surface area contributed by atoms with Crippen molar-refractivity contribution in [3.05, 3.63) is 66.1 Å². The van der Waals surface area contributed by atoms with Crippen molar-refractivity contribution < 1.29 is 13.2 Å². The highest BCUT2D eigenvalue weighted by atomic mass is 32.2. The number of imidazole rings is 1. The monoisotopic (exact) mass is 450 g/mol. The Balaban J connectivity index is 1.26. The van der Waals surface area contributed by atoms with E-state index in [4.69, 9.17) is 4.98 Å². The molecular formula is C24H26N4O3S. The van der Waals surface area contributed by atoms with Crippen LogP contribution in [0, 0.1) is 0 Å². The van der Waals surface area contributed by atoms with Crippen LogP contribution in [-0.4, -0.2) is 41.3 Å². The molecule has 2 aliphatic rings. The first-order valence-corrected chi connectivity index (χ1v) is 12.5. The van der Waals surface area contributed by atoms with Crippen molar-refractivity contribution in [1.29, 1.82) is 0 Å². The van der Waals surface area contributed by atoms with Gasteiger partial charge in [0, 0.05) is 49.1 Å². The lowest BCUT2D eigenvalue weighted by Crippen LogP contribution is -2.27. The van der Waals surface area contributed by atoms with Crippen LogP contribution in [0.3, 0.4) is 0 Å². The van der Waals surface area contributed by atoms with Crippen molar-refractivity contribution in [1.82, 2.24) is 13.9 Å². The highest BCUT2D eigenvalue weighted by Gasteiger charge is 2.27. The Morgan fingerprint density at radius 1 is 0.875 bits per heavy atom. The van der Waals surface area contributed by atoms with Crippen molar-refractivity contribution in [3.63, 3.8) is 0 Å². The zero-order valence-corrected chi connectivity index (χ0v) is 18.6. The van der Waals surface area contributed by atoms with Gasteiger partial charge in [0.05, 0.1) is 10.6 Å². The second-order valence-corrected chi connectivity index (χ2v) is 10.3. The quantitative estimate of drug-likeness (QED) is 0.639. The number of sulfonamides is 1. The Morgan fingerprint density at radius 3 is 2.25 bits per heavy atom. The van der Waals surface area contributed by atoms with Gasteiger partial charge in [-0.25, -0.2) is 13.4 Å². The third-order valence-electron chi connectivity index (χ3n) is 6.17. The van der Waals surface area contributed by atoms with Crippen LogP contribution in [-0.2, 0) is 23.0 Å². The van der Waals surface area contributed by atoms with E-state index in [9.17, 15) is 13.2 Å². The summed E-state index contributed by atoms with van der Waals surface area (Å²) in [5, 5.41) is 2.87. The molecule has 2 aromatic carbocycles. The normalized spacial score (nSPS) is 16.6. The summed E-state index contributed by atoms with van der Waals surface area (Å²) in [7, 11) is -3.48. The highest BCUT2D eigenvalue weighted by Crippen LogP contribution is 2.25. The number of nitrogens with zero attached hydrogens (tertiary/aromatic N) is 3. The average molecular weight is 451 g/mol. The van der Waals surface area contributed by atoms with E-state index in [0.717, 1.165) is 42.9 Å². The predicted molar refractivity (Wildman–Crippen MR) is 123 cm³/mol. The molecule has 5 rings (SSSR count). The van der Waals surface area contributed by atoms with E-state index < -0.39 is 10.0 Å². The molecular weight excluding hydrogens is 424 g/mol. The lowest BCUT2D eigenvalue weighted by molar-refractivity contribution is 0.102. The van der Waals surface area contributed by atoms with E-state index >= 15 is 0 Å². The number of hydrogen-bond acceptors (Lipinski definition) is 4. The molecule has 7 nitrogen and oxygen atoms in total. The summed E-state index contributed by atoms with van der Waals surface area (Å²) in [6.45, 7) is 2.14. The van der Waals surface area contributed by atoms with Gasteiger partial charge in [0.25, 0.3) is 5.91 Å². The number of nitrogens with one attached hydrogen (secondary N) is 1. The molecule has 1 fully saturated rings.